The molecule has 0 aromatic heterocycles. The zero-order valence-corrected chi connectivity index (χ0v) is 24.9. The van der Waals surface area contributed by atoms with E-state index in [1.807, 2.05) is 0 Å². The van der Waals surface area contributed by atoms with Gasteiger partial charge in [-0.05, 0) is 46.3 Å². The minimum Gasteiger partial charge on any atom is -0.403 e. The first-order valence-corrected chi connectivity index (χ1v) is 18.4. The highest BCUT2D eigenvalue weighted by molar-refractivity contribution is 6.97. The molecule has 0 N–H and O–H groups in total. The second kappa shape index (κ2) is 12.1. The molecule has 0 radical (unpaired) electrons. The van der Waals surface area contributed by atoms with Crippen LogP contribution in [0.1, 0.15) is 18.6 Å². The van der Waals surface area contributed by atoms with Gasteiger partial charge in [0.05, 0.1) is 12.2 Å². The van der Waals surface area contributed by atoms with E-state index in [9.17, 15) is 0 Å². The molecule has 0 spiro atoms. The van der Waals surface area contributed by atoms with E-state index < -0.39 is 16.6 Å². The summed E-state index contributed by atoms with van der Waals surface area (Å²) in [5, 5.41) is 4.99. The summed E-state index contributed by atoms with van der Waals surface area (Å²) in [5.41, 5.74) is 1.13. The Kier molecular flexibility index (Phi) is 8.39. The van der Waals surface area contributed by atoms with Crippen LogP contribution in [0.5, 0.6) is 0 Å². The highest BCUT2D eigenvalue weighted by Gasteiger charge is 2.42. The monoisotopic (exact) mass is 544 g/mol. The highest BCUT2D eigenvalue weighted by Crippen LogP contribution is 2.29. The zero-order valence-electron chi connectivity index (χ0n) is 22.9. The van der Waals surface area contributed by atoms with E-state index in [1.165, 1.54) is 20.7 Å². The molecule has 0 saturated carbocycles. The molecule has 5 aromatic carbocycles. The van der Waals surface area contributed by atoms with Gasteiger partial charge in [-0.15, -0.1) is 0 Å². The second-order valence-corrected chi connectivity index (χ2v) is 17.2. The van der Waals surface area contributed by atoms with E-state index in [0.29, 0.717) is 0 Å². The summed E-state index contributed by atoms with van der Waals surface area (Å²) in [7, 11) is -5.17. The van der Waals surface area contributed by atoms with Crippen molar-refractivity contribution in [1.82, 2.24) is 0 Å². The maximum atomic E-state index is 7.41. The average molecular weight is 545 g/mol. The van der Waals surface area contributed by atoms with Gasteiger partial charge in [-0.25, -0.2) is 0 Å². The van der Waals surface area contributed by atoms with Gasteiger partial charge < -0.3 is 8.85 Å². The molecule has 0 unspecified atom stereocenters. The lowest BCUT2D eigenvalue weighted by Crippen LogP contribution is -2.62. The van der Waals surface area contributed by atoms with Crippen molar-refractivity contribution in [1.29, 1.82) is 0 Å². The van der Waals surface area contributed by atoms with Crippen molar-refractivity contribution < 1.29 is 8.85 Å². The molecule has 4 heteroatoms. The largest absolute Gasteiger partial charge is 0.403 e. The summed E-state index contributed by atoms with van der Waals surface area (Å²) in [4.78, 5) is 0. The van der Waals surface area contributed by atoms with Crippen molar-refractivity contribution in [3.05, 3.63) is 157 Å². The van der Waals surface area contributed by atoms with E-state index in [4.69, 9.17) is 8.85 Å². The van der Waals surface area contributed by atoms with Gasteiger partial charge in [-0.3, -0.25) is 0 Å². The molecule has 5 aromatic rings. The van der Waals surface area contributed by atoms with E-state index in [1.54, 1.807) is 0 Å². The van der Waals surface area contributed by atoms with Crippen LogP contribution in [0, 0.1) is 0 Å². The number of rotatable bonds is 10. The van der Waals surface area contributed by atoms with Crippen LogP contribution in [0.2, 0.25) is 13.1 Å². The summed E-state index contributed by atoms with van der Waals surface area (Å²) in [6, 6.07) is 53.4. The highest BCUT2D eigenvalue weighted by atomic mass is 28.4. The van der Waals surface area contributed by atoms with Crippen molar-refractivity contribution in [3.63, 3.8) is 0 Å². The van der Waals surface area contributed by atoms with Crippen LogP contribution >= 0.6 is 0 Å². The van der Waals surface area contributed by atoms with Crippen molar-refractivity contribution in [3.8, 4) is 0 Å². The SMILES string of the molecule is C[C@H](O[Si](C)(c1ccccc1)c1ccccc1)[C@@H](O[Si](C)(c1ccccc1)c1ccccc1)c1ccccc1. The normalized spacial score (nSPS) is 13.5. The minimum absolute atomic E-state index is 0.191. The maximum Gasteiger partial charge on any atom is 0.253 e. The first-order valence-electron chi connectivity index (χ1n) is 13.6. The Morgan fingerprint density at radius 1 is 0.410 bits per heavy atom. The molecule has 2 atom stereocenters. The van der Waals surface area contributed by atoms with Crippen LogP contribution in [-0.2, 0) is 8.85 Å². The third-order valence-electron chi connectivity index (χ3n) is 7.64. The van der Waals surface area contributed by atoms with Gasteiger partial charge in [-0.2, -0.15) is 0 Å². The van der Waals surface area contributed by atoms with Gasteiger partial charge in [0.2, 0.25) is 0 Å². The molecule has 0 aliphatic carbocycles. The Bertz CT molecular complexity index is 1350. The summed E-state index contributed by atoms with van der Waals surface area (Å²) >= 11 is 0. The quantitative estimate of drug-likeness (QED) is 0.203. The summed E-state index contributed by atoms with van der Waals surface area (Å²) in [6.45, 7) is 6.80. The van der Waals surface area contributed by atoms with E-state index in [-0.39, 0.29) is 12.2 Å². The predicted molar refractivity (Wildman–Crippen MR) is 168 cm³/mol. The molecule has 39 heavy (non-hydrogen) atoms. The zero-order chi connectivity index (χ0) is 27.1. The fourth-order valence-corrected chi connectivity index (χ4v) is 11.6. The van der Waals surface area contributed by atoms with Crippen LogP contribution in [0.25, 0.3) is 0 Å². The fourth-order valence-electron chi connectivity index (χ4n) is 5.40. The Hall–Kier alpha value is -3.55. The molecule has 0 saturated heterocycles. The van der Waals surface area contributed by atoms with E-state index >= 15 is 0 Å². The standard InChI is InChI=1S/C35H36O2Si2/c1-29(36-38(2,31-21-11-5-12-22-31)32-23-13-6-14-24-32)35(30-19-9-4-10-20-30)37-39(3,33-25-15-7-16-26-33)34-27-17-8-18-28-34/h4-29,35H,1-3H3/t29-,35+/m0/s1. The smallest absolute Gasteiger partial charge is 0.253 e. The van der Waals surface area contributed by atoms with Crippen molar-refractivity contribution in [2.75, 3.05) is 0 Å². The van der Waals surface area contributed by atoms with Gasteiger partial charge in [0.25, 0.3) is 16.6 Å². The Balaban J connectivity index is 1.59. The van der Waals surface area contributed by atoms with Crippen LogP contribution in [0.15, 0.2) is 152 Å². The lowest BCUT2D eigenvalue weighted by atomic mass is 10.1. The summed E-state index contributed by atoms with van der Waals surface area (Å²) < 4.78 is 14.7. The van der Waals surface area contributed by atoms with E-state index in [0.717, 1.165) is 5.56 Å². The minimum atomic E-state index is -2.61. The summed E-state index contributed by atoms with van der Waals surface area (Å²) in [5.74, 6) is 0. The van der Waals surface area contributed by atoms with Crippen molar-refractivity contribution in [2.45, 2.75) is 32.2 Å². The molecule has 0 aliphatic rings. The van der Waals surface area contributed by atoms with Gasteiger partial charge in [-0.1, -0.05) is 152 Å². The first kappa shape index (κ1) is 27.0. The molecule has 0 heterocycles. The second-order valence-electron chi connectivity index (χ2n) is 10.3. The van der Waals surface area contributed by atoms with Gasteiger partial charge in [0, 0.05) is 0 Å². The molecule has 2 nitrogen and oxygen atoms in total. The topological polar surface area (TPSA) is 18.5 Å². The Morgan fingerprint density at radius 2 is 0.692 bits per heavy atom. The van der Waals surface area contributed by atoms with Gasteiger partial charge in [0.15, 0.2) is 0 Å². The number of hydrogen-bond donors (Lipinski definition) is 0. The third kappa shape index (κ3) is 5.90. The van der Waals surface area contributed by atoms with Crippen molar-refractivity contribution >= 4 is 37.4 Å². The molecule has 0 bridgehead atoms. The Morgan fingerprint density at radius 3 is 1.03 bits per heavy atom. The van der Waals surface area contributed by atoms with Crippen LogP contribution in [0.4, 0.5) is 0 Å². The first-order chi connectivity index (χ1) is 19.0. The average Bonchev–Trinajstić information content (AvgIpc) is 3.02. The lowest BCUT2D eigenvalue weighted by molar-refractivity contribution is 0.0599. The number of hydrogen-bond acceptors (Lipinski definition) is 2. The lowest BCUT2D eigenvalue weighted by Gasteiger charge is -2.39. The van der Waals surface area contributed by atoms with Crippen molar-refractivity contribution in [2.24, 2.45) is 0 Å². The molecule has 5 rings (SSSR count). The number of benzene rings is 5. The third-order valence-corrected chi connectivity index (χ3v) is 14.9. The van der Waals surface area contributed by atoms with Crippen LogP contribution in [-0.4, -0.2) is 22.7 Å². The molecule has 196 valence electrons. The predicted octanol–water partition coefficient (Wildman–Crippen LogP) is 5.93. The van der Waals surface area contributed by atoms with Crippen LogP contribution < -0.4 is 20.7 Å². The molecular formula is C35H36O2Si2. The Labute approximate surface area is 235 Å². The van der Waals surface area contributed by atoms with Gasteiger partial charge in [0.1, 0.15) is 0 Å². The van der Waals surface area contributed by atoms with Gasteiger partial charge >= 0.3 is 0 Å². The maximum absolute atomic E-state index is 7.41. The summed E-state index contributed by atoms with van der Waals surface area (Å²) in [6.07, 6.45) is -0.439. The fraction of sp³-hybridized carbons (Fsp3) is 0.143. The molecule has 0 fully saturated rings. The molecular weight excluding hydrogens is 509 g/mol. The molecule has 0 aliphatic heterocycles. The van der Waals surface area contributed by atoms with Crippen LogP contribution in [0.3, 0.4) is 0 Å². The molecule has 0 amide bonds. The van der Waals surface area contributed by atoms with E-state index in [2.05, 4.69) is 172 Å².